The second kappa shape index (κ2) is 7.84. The van der Waals surface area contributed by atoms with E-state index in [0.29, 0.717) is 16.8 Å². The molecule has 3 aromatic heterocycles. The molecule has 8 nitrogen and oxygen atoms in total. The molecule has 33 heavy (non-hydrogen) atoms. The quantitative estimate of drug-likeness (QED) is 0.461. The number of nitrogens with one attached hydrogen (secondary N) is 1. The highest BCUT2D eigenvalue weighted by Gasteiger charge is 2.30. The van der Waals surface area contributed by atoms with Gasteiger partial charge in [0.2, 0.25) is 0 Å². The Kier molecular flexibility index (Phi) is 5.27. The highest BCUT2D eigenvalue weighted by atomic mass is 19.4. The van der Waals surface area contributed by atoms with Gasteiger partial charge in [-0.3, -0.25) is 19.0 Å². The fourth-order valence-electron chi connectivity index (χ4n) is 3.85. The lowest BCUT2D eigenvalue weighted by Crippen LogP contribution is -2.25. The van der Waals surface area contributed by atoms with Gasteiger partial charge in [0.05, 0.1) is 29.7 Å². The minimum atomic E-state index is -4.53. The fourth-order valence-corrected chi connectivity index (χ4v) is 3.85. The average Bonchev–Trinajstić information content (AvgIpc) is 3.30. The summed E-state index contributed by atoms with van der Waals surface area (Å²) in [5.74, 6) is -0.598. The molecule has 0 aliphatic carbocycles. The number of Topliss-reactive ketones (excluding diaryl/α,β-unsaturated/α-hetero) is 2. The molecule has 170 valence electrons. The maximum atomic E-state index is 13.0. The van der Waals surface area contributed by atoms with E-state index in [4.69, 9.17) is 0 Å². The predicted octanol–water partition coefficient (Wildman–Crippen LogP) is 3.63. The smallest absolute Gasteiger partial charge is 0.355 e. The van der Waals surface area contributed by atoms with Gasteiger partial charge in [0.1, 0.15) is 11.7 Å². The van der Waals surface area contributed by atoms with Gasteiger partial charge in [0.25, 0.3) is 5.56 Å². The molecule has 1 N–H and O–H groups in total. The summed E-state index contributed by atoms with van der Waals surface area (Å²) in [6.07, 6.45) is -2.19. The highest BCUT2D eigenvalue weighted by molar-refractivity contribution is 6.03. The molecule has 0 atom stereocenters. The Labute approximate surface area is 184 Å². The van der Waals surface area contributed by atoms with Crippen molar-refractivity contribution in [1.29, 1.82) is 0 Å². The van der Waals surface area contributed by atoms with E-state index in [-0.39, 0.29) is 34.7 Å². The van der Waals surface area contributed by atoms with Crippen LogP contribution in [0.3, 0.4) is 0 Å². The van der Waals surface area contributed by atoms with Crippen molar-refractivity contribution in [3.63, 3.8) is 0 Å². The molecule has 0 aliphatic heterocycles. The molecule has 4 rings (SSSR count). The summed E-state index contributed by atoms with van der Waals surface area (Å²) in [7, 11) is 0. The topological polar surface area (TPSA) is 103 Å². The standard InChI is InChI=1S/C22H18F3N5O3/c1-11-18(13(3)31)12(2)28-19(11)17(32)9-29-10-26-20-16(21(29)33)8-27-30(20)15-6-4-5-14(7-15)22(23,24)25/h4-8,10,28H,9H2,1-3H3. The zero-order valence-corrected chi connectivity index (χ0v) is 17.8. The van der Waals surface area contributed by atoms with E-state index in [1.54, 1.807) is 13.8 Å². The third-order valence-electron chi connectivity index (χ3n) is 5.35. The summed E-state index contributed by atoms with van der Waals surface area (Å²) < 4.78 is 41.4. The van der Waals surface area contributed by atoms with Gasteiger partial charge < -0.3 is 4.98 Å². The molecule has 0 fully saturated rings. The minimum Gasteiger partial charge on any atom is -0.355 e. The predicted molar refractivity (Wildman–Crippen MR) is 113 cm³/mol. The number of ketones is 2. The van der Waals surface area contributed by atoms with Crippen molar-refractivity contribution in [2.45, 2.75) is 33.5 Å². The maximum absolute atomic E-state index is 13.0. The van der Waals surface area contributed by atoms with Crippen LogP contribution in [0.15, 0.2) is 41.6 Å². The Hall–Kier alpha value is -4.02. The first kappa shape index (κ1) is 22.2. The third-order valence-corrected chi connectivity index (χ3v) is 5.35. The molecule has 0 amide bonds. The fraction of sp³-hybridized carbons (Fsp3) is 0.227. The minimum absolute atomic E-state index is 0.0477. The molecule has 1 aromatic carbocycles. The molecule has 0 bridgehead atoms. The van der Waals surface area contributed by atoms with Crippen LogP contribution in [-0.2, 0) is 12.7 Å². The monoisotopic (exact) mass is 457 g/mol. The second-order valence-electron chi connectivity index (χ2n) is 7.62. The molecule has 0 saturated heterocycles. The van der Waals surface area contributed by atoms with Crippen LogP contribution in [0.1, 0.15) is 44.6 Å². The van der Waals surface area contributed by atoms with E-state index in [9.17, 15) is 27.6 Å². The lowest BCUT2D eigenvalue weighted by atomic mass is 10.1. The van der Waals surface area contributed by atoms with Gasteiger partial charge in [-0.2, -0.15) is 18.3 Å². The van der Waals surface area contributed by atoms with E-state index < -0.39 is 23.1 Å². The molecule has 4 aromatic rings. The number of halogens is 3. The lowest BCUT2D eigenvalue weighted by molar-refractivity contribution is -0.137. The summed E-state index contributed by atoms with van der Waals surface area (Å²) in [6, 6.07) is 4.50. The molecule has 0 unspecified atom stereocenters. The number of fused-ring (bicyclic) bond motifs is 1. The first-order valence-electron chi connectivity index (χ1n) is 9.83. The number of aryl methyl sites for hydroxylation is 1. The first-order valence-corrected chi connectivity index (χ1v) is 9.83. The maximum Gasteiger partial charge on any atom is 0.416 e. The largest absolute Gasteiger partial charge is 0.416 e. The number of rotatable bonds is 5. The van der Waals surface area contributed by atoms with Crippen molar-refractivity contribution < 1.29 is 22.8 Å². The molecule has 11 heteroatoms. The molecule has 0 saturated carbocycles. The lowest BCUT2D eigenvalue weighted by Gasteiger charge is -2.09. The average molecular weight is 457 g/mol. The summed E-state index contributed by atoms with van der Waals surface area (Å²) in [6.45, 7) is 4.40. The Morgan fingerprint density at radius 1 is 1.18 bits per heavy atom. The summed E-state index contributed by atoms with van der Waals surface area (Å²) >= 11 is 0. The van der Waals surface area contributed by atoms with Crippen LogP contribution >= 0.6 is 0 Å². The van der Waals surface area contributed by atoms with Crippen LogP contribution < -0.4 is 5.56 Å². The van der Waals surface area contributed by atoms with Crippen LogP contribution in [0.5, 0.6) is 0 Å². The van der Waals surface area contributed by atoms with Crippen molar-refractivity contribution >= 4 is 22.6 Å². The van der Waals surface area contributed by atoms with Gasteiger partial charge in [-0.1, -0.05) is 6.07 Å². The molecular weight excluding hydrogens is 439 g/mol. The van der Waals surface area contributed by atoms with Crippen molar-refractivity contribution in [1.82, 2.24) is 24.3 Å². The van der Waals surface area contributed by atoms with Gasteiger partial charge in [-0.25, -0.2) is 9.67 Å². The van der Waals surface area contributed by atoms with Crippen molar-refractivity contribution in [3.8, 4) is 5.69 Å². The number of aromatic nitrogens is 5. The van der Waals surface area contributed by atoms with Crippen LogP contribution in [0.4, 0.5) is 13.2 Å². The number of carbonyl (C=O) groups is 2. The second-order valence-corrected chi connectivity index (χ2v) is 7.62. The number of H-pyrrole nitrogens is 1. The number of carbonyl (C=O) groups excluding carboxylic acids is 2. The zero-order chi connectivity index (χ0) is 24.1. The molecule has 0 radical (unpaired) electrons. The third kappa shape index (κ3) is 3.86. The van der Waals surface area contributed by atoms with Crippen molar-refractivity contribution in [2.24, 2.45) is 0 Å². The van der Waals surface area contributed by atoms with E-state index >= 15 is 0 Å². The van der Waals surface area contributed by atoms with Crippen LogP contribution in [0.2, 0.25) is 0 Å². The van der Waals surface area contributed by atoms with Gasteiger partial charge in [-0.15, -0.1) is 0 Å². The van der Waals surface area contributed by atoms with Crippen molar-refractivity contribution in [3.05, 3.63) is 75.2 Å². The van der Waals surface area contributed by atoms with Crippen LogP contribution in [0, 0.1) is 13.8 Å². The Morgan fingerprint density at radius 3 is 2.55 bits per heavy atom. The van der Waals surface area contributed by atoms with Gasteiger partial charge in [0, 0.05) is 11.3 Å². The molecule has 3 heterocycles. The van der Waals surface area contributed by atoms with E-state index in [0.717, 1.165) is 27.7 Å². The van der Waals surface area contributed by atoms with Crippen molar-refractivity contribution in [2.75, 3.05) is 0 Å². The number of nitrogens with zero attached hydrogens (tertiary/aromatic N) is 4. The SMILES string of the molecule is CC(=O)c1c(C)[nH]c(C(=O)Cn2cnc3c(cnn3-c3cccc(C(F)(F)F)c3)c2=O)c1C. The van der Waals surface area contributed by atoms with E-state index in [1.807, 2.05) is 0 Å². The van der Waals surface area contributed by atoms with Crippen LogP contribution in [-0.4, -0.2) is 35.9 Å². The molecular formula is C22H18F3N5O3. The highest BCUT2D eigenvalue weighted by Crippen LogP contribution is 2.30. The van der Waals surface area contributed by atoms with Gasteiger partial charge in [-0.05, 0) is 44.5 Å². The Bertz CT molecular complexity index is 1480. The number of benzene rings is 1. The van der Waals surface area contributed by atoms with E-state index in [2.05, 4.69) is 15.1 Å². The number of hydrogen-bond acceptors (Lipinski definition) is 5. The summed E-state index contributed by atoms with van der Waals surface area (Å²) in [4.78, 5) is 44.6. The van der Waals surface area contributed by atoms with Crippen LogP contribution in [0.25, 0.3) is 16.7 Å². The molecule has 0 spiro atoms. The summed E-state index contributed by atoms with van der Waals surface area (Å²) in [5, 5.41) is 4.07. The Morgan fingerprint density at radius 2 is 1.91 bits per heavy atom. The number of aromatic amines is 1. The summed E-state index contributed by atoms with van der Waals surface area (Å²) in [5.41, 5.74) is 0.453. The number of hydrogen-bond donors (Lipinski definition) is 1. The van der Waals surface area contributed by atoms with Gasteiger partial charge in [0.15, 0.2) is 17.2 Å². The first-order chi connectivity index (χ1) is 15.5. The van der Waals surface area contributed by atoms with Gasteiger partial charge >= 0.3 is 6.18 Å². The zero-order valence-electron chi connectivity index (χ0n) is 17.8. The number of alkyl halides is 3. The Balaban J connectivity index is 1.70. The van der Waals surface area contributed by atoms with E-state index in [1.165, 1.54) is 25.3 Å². The molecule has 0 aliphatic rings. The normalized spacial score (nSPS) is 11.8.